The third-order valence-electron chi connectivity index (χ3n) is 8.02. The Kier molecular flexibility index (Phi) is 6.47. The van der Waals surface area contributed by atoms with Crippen molar-refractivity contribution in [2.75, 3.05) is 55.4 Å². The van der Waals surface area contributed by atoms with E-state index in [-0.39, 0.29) is 0 Å². The molecular formula is C33H36N4O2. The minimum atomic E-state index is 0.767. The molecule has 0 saturated carbocycles. The molecule has 0 aromatic heterocycles. The monoisotopic (exact) mass is 520 g/mol. The largest absolute Gasteiger partial charge is 0.497 e. The molecule has 0 radical (unpaired) electrons. The highest BCUT2D eigenvalue weighted by Gasteiger charge is 2.20. The lowest BCUT2D eigenvalue weighted by Crippen LogP contribution is -2.27. The molecule has 0 atom stereocenters. The van der Waals surface area contributed by atoms with Crippen molar-refractivity contribution < 1.29 is 9.47 Å². The number of nitrogens with zero attached hydrogens (tertiary/aromatic N) is 3. The number of nitrogens with one attached hydrogen (secondary N) is 1. The second-order valence-electron chi connectivity index (χ2n) is 10.6. The molecule has 6 nitrogen and oxygen atoms in total. The van der Waals surface area contributed by atoms with Crippen molar-refractivity contribution in [3.63, 3.8) is 0 Å². The molecule has 6 heteroatoms. The SMILES string of the molecule is COc1ccc2c(c1)CN(C)c1ccc(-c3ccc4c(c3)CN(C)c3ccc(OC)cc3CN4C)cc1CN2. The molecule has 1 N–H and O–H groups in total. The fourth-order valence-corrected chi connectivity index (χ4v) is 5.94. The second-order valence-corrected chi connectivity index (χ2v) is 10.6. The molecule has 2 heterocycles. The average Bonchev–Trinajstić information content (AvgIpc) is 2.94. The van der Waals surface area contributed by atoms with Crippen LogP contribution in [0.1, 0.15) is 22.3 Å². The third kappa shape index (κ3) is 4.71. The number of benzene rings is 4. The van der Waals surface area contributed by atoms with E-state index in [4.69, 9.17) is 9.47 Å². The normalized spacial score (nSPS) is 14.4. The third-order valence-corrected chi connectivity index (χ3v) is 8.02. The topological polar surface area (TPSA) is 40.2 Å². The second kappa shape index (κ2) is 10.1. The molecule has 2 aliphatic heterocycles. The molecule has 0 bridgehead atoms. The van der Waals surface area contributed by atoms with Crippen molar-refractivity contribution in [3.05, 3.63) is 95.1 Å². The highest BCUT2D eigenvalue weighted by Crippen LogP contribution is 2.37. The molecule has 2 aliphatic rings. The number of hydrogen-bond acceptors (Lipinski definition) is 6. The smallest absolute Gasteiger partial charge is 0.119 e. The van der Waals surface area contributed by atoms with Crippen LogP contribution in [-0.4, -0.2) is 35.4 Å². The van der Waals surface area contributed by atoms with Crippen LogP contribution < -0.4 is 29.5 Å². The predicted octanol–water partition coefficient (Wildman–Crippen LogP) is 6.52. The lowest BCUT2D eigenvalue weighted by atomic mass is 9.96. The number of fused-ring (bicyclic) bond motifs is 4. The summed E-state index contributed by atoms with van der Waals surface area (Å²) >= 11 is 0. The molecule has 4 aromatic carbocycles. The fourth-order valence-electron chi connectivity index (χ4n) is 5.94. The van der Waals surface area contributed by atoms with E-state index in [2.05, 4.69) is 102 Å². The summed E-state index contributed by atoms with van der Waals surface area (Å²) in [6.07, 6.45) is 0. The first-order valence-corrected chi connectivity index (χ1v) is 13.4. The number of anilines is 4. The molecule has 0 fully saturated rings. The molecular weight excluding hydrogens is 484 g/mol. The van der Waals surface area contributed by atoms with Gasteiger partial charge in [-0.05, 0) is 94.0 Å². The first-order chi connectivity index (χ1) is 18.9. The van der Waals surface area contributed by atoms with E-state index in [1.807, 2.05) is 12.1 Å². The van der Waals surface area contributed by atoms with E-state index in [1.54, 1.807) is 14.2 Å². The molecule has 0 saturated heterocycles. The van der Waals surface area contributed by atoms with Crippen molar-refractivity contribution in [2.24, 2.45) is 0 Å². The number of ether oxygens (including phenoxy) is 2. The Morgan fingerprint density at radius 1 is 0.538 bits per heavy atom. The maximum Gasteiger partial charge on any atom is 0.119 e. The van der Waals surface area contributed by atoms with Gasteiger partial charge in [0.25, 0.3) is 0 Å². The van der Waals surface area contributed by atoms with Crippen LogP contribution in [0.5, 0.6) is 11.5 Å². The van der Waals surface area contributed by atoms with Crippen LogP contribution >= 0.6 is 0 Å². The highest BCUT2D eigenvalue weighted by molar-refractivity contribution is 5.74. The zero-order valence-electron chi connectivity index (χ0n) is 23.4. The van der Waals surface area contributed by atoms with E-state index in [0.29, 0.717) is 0 Å². The summed E-state index contributed by atoms with van der Waals surface area (Å²) in [5.74, 6) is 1.78. The van der Waals surface area contributed by atoms with Gasteiger partial charge in [-0.1, -0.05) is 12.1 Å². The van der Waals surface area contributed by atoms with Gasteiger partial charge >= 0.3 is 0 Å². The van der Waals surface area contributed by atoms with Crippen LogP contribution in [-0.2, 0) is 26.2 Å². The van der Waals surface area contributed by atoms with Gasteiger partial charge in [-0.3, -0.25) is 0 Å². The van der Waals surface area contributed by atoms with Gasteiger partial charge in [0.15, 0.2) is 0 Å². The molecule has 0 aliphatic carbocycles. The van der Waals surface area contributed by atoms with E-state index in [9.17, 15) is 0 Å². The van der Waals surface area contributed by atoms with Crippen LogP contribution in [0, 0.1) is 0 Å². The minimum Gasteiger partial charge on any atom is -0.497 e. The van der Waals surface area contributed by atoms with Gasteiger partial charge < -0.3 is 29.5 Å². The van der Waals surface area contributed by atoms with Crippen LogP contribution in [0.4, 0.5) is 22.7 Å². The summed E-state index contributed by atoms with van der Waals surface area (Å²) in [6.45, 7) is 3.25. The van der Waals surface area contributed by atoms with Gasteiger partial charge in [-0.25, -0.2) is 0 Å². The number of rotatable bonds is 3. The molecule has 4 aromatic rings. The fraction of sp³-hybridized carbons (Fsp3) is 0.273. The highest BCUT2D eigenvalue weighted by atomic mass is 16.5. The van der Waals surface area contributed by atoms with Gasteiger partial charge in [-0.15, -0.1) is 0 Å². The Morgan fingerprint density at radius 3 is 1.62 bits per heavy atom. The number of methoxy groups -OCH3 is 2. The summed E-state index contributed by atoms with van der Waals surface area (Å²) in [4.78, 5) is 7.02. The van der Waals surface area contributed by atoms with Crippen molar-refractivity contribution in [3.8, 4) is 22.6 Å². The quantitative estimate of drug-likeness (QED) is 0.332. The number of hydrogen-bond donors (Lipinski definition) is 1. The Bertz CT molecular complexity index is 1530. The first-order valence-electron chi connectivity index (χ1n) is 13.4. The Morgan fingerprint density at radius 2 is 1.00 bits per heavy atom. The van der Waals surface area contributed by atoms with Crippen LogP contribution in [0.3, 0.4) is 0 Å². The zero-order chi connectivity index (χ0) is 27.1. The maximum atomic E-state index is 5.50. The predicted molar refractivity (Wildman–Crippen MR) is 162 cm³/mol. The summed E-state index contributed by atoms with van der Waals surface area (Å²) in [6, 6.07) is 26.4. The van der Waals surface area contributed by atoms with Gasteiger partial charge in [-0.2, -0.15) is 0 Å². The van der Waals surface area contributed by atoms with Crippen LogP contribution in [0.2, 0.25) is 0 Å². The lowest BCUT2D eigenvalue weighted by molar-refractivity contribution is 0.414. The Labute approximate surface area is 231 Å². The van der Waals surface area contributed by atoms with E-state index in [0.717, 1.165) is 43.4 Å². The van der Waals surface area contributed by atoms with E-state index < -0.39 is 0 Å². The summed E-state index contributed by atoms with van der Waals surface area (Å²) in [5.41, 5.74) is 12.5. The molecule has 0 spiro atoms. The first kappa shape index (κ1) is 25.0. The van der Waals surface area contributed by atoms with Gasteiger partial charge in [0.1, 0.15) is 11.5 Å². The van der Waals surface area contributed by atoms with Gasteiger partial charge in [0, 0.05) is 70.1 Å². The van der Waals surface area contributed by atoms with Gasteiger partial charge in [0.05, 0.1) is 14.2 Å². The molecule has 0 amide bonds. The summed E-state index contributed by atoms with van der Waals surface area (Å²) < 4.78 is 11.0. The Hall–Kier alpha value is -4.32. The molecule has 6 rings (SSSR count). The van der Waals surface area contributed by atoms with Crippen LogP contribution in [0.15, 0.2) is 72.8 Å². The minimum absolute atomic E-state index is 0.767. The molecule has 200 valence electrons. The van der Waals surface area contributed by atoms with Crippen molar-refractivity contribution in [1.29, 1.82) is 0 Å². The van der Waals surface area contributed by atoms with E-state index in [1.165, 1.54) is 50.4 Å². The van der Waals surface area contributed by atoms with Crippen molar-refractivity contribution >= 4 is 22.7 Å². The summed E-state index contributed by atoms with van der Waals surface area (Å²) in [5, 5.41) is 3.66. The van der Waals surface area contributed by atoms with Crippen LogP contribution in [0.25, 0.3) is 11.1 Å². The van der Waals surface area contributed by atoms with Crippen molar-refractivity contribution in [2.45, 2.75) is 26.2 Å². The zero-order valence-corrected chi connectivity index (χ0v) is 23.4. The standard InChI is InChI=1S/C33H36N4O2/c1-35-19-25-16-28(38-4)8-10-30(25)34-18-24-14-22(6-11-31(24)35)23-7-12-32-26(15-23)20-36(2)33-13-9-29(39-5)17-27(33)21-37(32)3/h6-17,34H,18-21H2,1-5H3. The lowest BCUT2D eigenvalue weighted by Gasteiger charge is -2.32. The summed E-state index contributed by atoms with van der Waals surface area (Å²) in [7, 11) is 9.96. The van der Waals surface area contributed by atoms with Crippen molar-refractivity contribution in [1.82, 2.24) is 0 Å². The van der Waals surface area contributed by atoms with E-state index >= 15 is 0 Å². The molecule has 39 heavy (non-hydrogen) atoms. The van der Waals surface area contributed by atoms with Gasteiger partial charge in [0.2, 0.25) is 0 Å². The Balaban J connectivity index is 1.31. The average molecular weight is 521 g/mol. The maximum absolute atomic E-state index is 5.50. The molecule has 0 unspecified atom stereocenters.